The Morgan fingerprint density at radius 2 is 2.12 bits per heavy atom. The quantitative estimate of drug-likeness (QED) is 0.651. The summed E-state index contributed by atoms with van der Waals surface area (Å²) in [7, 11) is 0. The number of imidazole rings is 1. The van der Waals surface area contributed by atoms with E-state index in [0.29, 0.717) is 10.7 Å². The molecule has 0 N–H and O–H groups in total. The van der Waals surface area contributed by atoms with Crippen molar-refractivity contribution in [3.05, 3.63) is 41.5 Å². The van der Waals surface area contributed by atoms with Gasteiger partial charge in [-0.3, -0.25) is 0 Å². The predicted molar refractivity (Wildman–Crippen MR) is 56.2 cm³/mol. The zero-order valence-electron chi connectivity index (χ0n) is 7.89. The minimum Gasteiger partial charge on any atom is -0.217 e. The summed E-state index contributed by atoms with van der Waals surface area (Å²) < 4.78 is 27.8. The summed E-state index contributed by atoms with van der Waals surface area (Å²) in [5.41, 5.74) is 2.38. The topological polar surface area (TPSA) is 30.2 Å². The van der Waals surface area contributed by atoms with Crippen LogP contribution < -0.4 is 0 Å². The van der Waals surface area contributed by atoms with Gasteiger partial charge in [-0.25, -0.2) is 18.3 Å². The van der Waals surface area contributed by atoms with Crippen LogP contribution in [0, 0.1) is 11.6 Å². The van der Waals surface area contributed by atoms with Crippen LogP contribution in [0.25, 0.3) is 16.2 Å². The Hall–Kier alpha value is -1.82. The van der Waals surface area contributed by atoms with Crippen molar-refractivity contribution in [3.63, 3.8) is 0 Å². The molecule has 0 bridgehead atoms. The number of aromatic nitrogens is 3. The number of nitrogens with zero attached hydrogens (tertiary/aromatic N) is 3. The lowest BCUT2D eigenvalue weighted by Gasteiger charge is -1.98. The largest absolute Gasteiger partial charge is 0.217 e. The Bertz CT molecular complexity index is 630. The third kappa shape index (κ3) is 1.38. The number of halogens is 2. The predicted octanol–water partition coefficient (Wildman–Crippen LogP) is 2.74. The molecule has 80 valence electrons. The fourth-order valence-electron chi connectivity index (χ4n) is 1.47. The molecule has 0 atom stereocenters. The van der Waals surface area contributed by atoms with E-state index in [-0.39, 0.29) is 5.56 Å². The van der Waals surface area contributed by atoms with Crippen molar-refractivity contribution in [2.75, 3.05) is 0 Å². The summed E-state index contributed by atoms with van der Waals surface area (Å²) in [6.45, 7) is 0. The van der Waals surface area contributed by atoms with Gasteiger partial charge in [-0.05, 0) is 12.1 Å². The van der Waals surface area contributed by atoms with Crippen LogP contribution in [0.3, 0.4) is 0 Å². The molecular formula is C10H5F2N3S. The summed E-state index contributed by atoms with van der Waals surface area (Å²) in [4.78, 5) is 4.87. The number of fused-ring (bicyclic) bond motifs is 1. The molecule has 0 aliphatic rings. The van der Waals surface area contributed by atoms with Crippen LogP contribution in [-0.4, -0.2) is 14.6 Å². The van der Waals surface area contributed by atoms with E-state index >= 15 is 0 Å². The first-order chi connectivity index (χ1) is 7.74. The molecule has 1 aromatic carbocycles. The van der Waals surface area contributed by atoms with Crippen molar-refractivity contribution in [2.45, 2.75) is 0 Å². The van der Waals surface area contributed by atoms with Gasteiger partial charge < -0.3 is 0 Å². The zero-order chi connectivity index (χ0) is 11.1. The maximum Gasteiger partial charge on any atom is 0.212 e. The minimum absolute atomic E-state index is 0.277. The Balaban J connectivity index is 2.19. The summed E-state index contributed by atoms with van der Waals surface area (Å²) >= 11 is 1.36. The summed E-state index contributed by atoms with van der Waals surface area (Å²) in [6, 6.07) is 3.42. The molecule has 2 aromatic heterocycles. The Morgan fingerprint density at radius 1 is 1.25 bits per heavy atom. The normalized spacial score (nSPS) is 11.1. The van der Waals surface area contributed by atoms with Crippen molar-refractivity contribution >= 4 is 16.3 Å². The van der Waals surface area contributed by atoms with Crippen molar-refractivity contribution in [1.29, 1.82) is 0 Å². The molecule has 16 heavy (non-hydrogen) atoms. The van der Waals surface area contributed by atoms with E-state index in [1.807, 2.05) is 0 Å². The van der Waals surface area contributed by atoms with Gasteiger partial charge in [0.25, 0.3) is 0 Å². The van der Waals surface area contributed by atoms with Crippen molar-refractivity contribution in [3.8, 4) is 11.3 Å². The summed E-state index contributed by atoms with van der Waals surface area (Å²) in [5, 5.41) is 3.99. The van der Waals surface area contributed by atoms with Crippen LogP contribution in [0.2, 0.25) is 0 Å². The first-order valence-electron chi connectivity index (χ1n) is 4.48. The number of hydrogen-bond donors (Lipinski definition) is 0. The smallest absolute Gasteiger partial charge is 0.212 e. The molecule has 0 aliphatic carbocycles. The van der Waals surface area contributed by atoms with Gasteiger partial charge in [0.15, 0.2) is 0 Å². The minimum atomic E-state index is -0.620. The number of rotatable bonds is 1. The van der Waals surface area contributed by atoms with Gasteiger partial charge >= 0.3 is 0 Å². The van der Waals surface area contributed by atoms with Gasteiger partial charge in [-0.1, -0.05) is 11.3 Å². The maximum absolute atomic E-state index is 13.5. The van der Waals surface area contributed by atoms with E-state index in [2.05, 4.69) is 10.1 Å². The first-order valence-corrected chi connectivity index (χ1v) is 5.36. The fourth-order valence-corrected chi connectivity index (χ4v) is 2.07. The fraction of sp³-hybridized carbons (Fsp3) is 0. The second kappa shape index (κ2) is 3.34. The lowest BCUT2D eigenvalue weighted by molar-refractivity contribution is 0.585. The van der Waals surface area contributed by atoms with Crippen LogP contribution in [0.1, 0.15) is 0 Å². The first kappa shape index (κ1) is 9.41. The van der Waals surface area contributed by atoms with E-state index in [4.69, 9.17) is 0 Å². The Labute approximate surface area is 93.0 Å². The molecule has 3 aromatic rings. The molecular weight excluding hydrogens is 232 g/mol. The number of benzene rings is 1. The van der Waals surface area contributed by atoms with Crippen LogP contribution in [0.15, 0.2) is 29.9 Å². The highest BCUT2D eigenvalue weighted by molar-refractivity contribution is 7.14. The van der Waals surface area contributed by atoms with Crippen LogP contribution in [-0.2, 0) is 0 Å². The van der Waals surface area contributed by atoms with Gasteiger partial charge in [0.1, 0.15) is 17.1 Å². The Morgan fingerprint density at radius 3 is 2.88 bits per heavy atom. The third-order valence-corrected chi connectivity index (χ3v) is 2.88. The molecule has 0 saturated carbocycles. The monoisotopic (exact) mass is 237 g/mol. The average Bonchev–Trinajstić information content (AvgIpc) is 2.76. The van der Waals surface area contributed by atoms with Crippen LogP contribution in [0.4, 0.5) is 8.78 Å². The van der Waals surface area contributed by atoms with Crippen LogP contribution in [0.5, 0.6) is 0 Å². The highest BCUT2D eigenvalue weighted by atomic mass is 32.1. The molecule has 0 amide bonds. The van der Waals surface area contributed by atoms with Crippen molar-refractivity contribution in [2.24, 2.45) is 0 Å². The third-order valence-electron chi connectivity index (χ3n) is 2.19. The van der Waals surface area contributed by atoms with Crippen LogP contribution >= 0.6 is 11.3 Å². The molecule has 0 saturated heterocycles. The van der Waals surface area contributed by atoms with Gasteiger partial charge in [-0.2, -0.15) is 5.10 Å². The zero-order valence-corrected chi connectivity index (χ0v) is 8.71. The molecule has 0 radical (unpaired) electrons. The molecule has 3 rings (SSSR count). The molecule has 0 unspecified atom stereocenters. The van der Waals surface area contributed by atoms with Crippen molar-refractivity contribution < 1.29 is 8.78 Å². The molecule has 0 spiro atoms. The van der Waals surface area contributed by atoms with E-state index in [1.165, 1.54) is 23.5 Å². The highest BCUT2D eigenvalue weighted by Gasteiger charge is 2.11. The van der Waals surface area contributed by atoms with Crippen molar-refractivity contribution in [1.82, 2.24) is 14.6 Å². The number of hydrogen-bond acceptors (Lipinski definition) is 3. The summed E-state index contributed by atoms with van der Waals surface area (Å²) in [5.74, 6) is -1.22. The molecule has 0 aliphatic heterocycles. The standard InChI is InChI=1S/C10H5F2N3S/c11-6-1-2-7(8(12)3-6)9-4-15-10(14-9)16-5-13-15/h1-5H. The van der Waals surface area contributed by atoms with E-state index in [1.54, 1.807) is 16.2 Å². The van der Waals surface area contributed by atoms with E-state index in [0.717, 1.165) is 6.07 Å². The van der Waals surface area contributed by atoms with Gasteiger partial charge in [-0.15, -0.1) is 0 Å². The average molecular weight is 237 g/mol. The molecule has 3 nitrogen and oxygen atoms in total. The van der Waals surface area contributed by atoms with Gasteiger partial charge in [0, 0.05) is 11.6 Å². The SMILES string of the molecule is Fc1ccc(-c2cn3ncsc3n2)c(F)c1. The molecule has 6 heteroatoms. The molecule has 2 heterocycles. The second-order valence-corrected chi connectivity index (χ2v) is 4.03. The Kier molecular flexibility index (Phi) is 1.97. The lowest BCUT2D eigenvalue weighted by atomic mass is 10.1. The van der Waals surface area contributed by atoms with Gasteiger partial charge in [0.05, 0.1) is 11.9 Å². The van der Waals surface area contributed by atoms with E-state index < -0.39 is 11.6 Å². The molecule has 0 fully saturated rings. The van der Waals surface area contributed by atoms with E-state index in [9.17, 15) is 8.78 Å². The second-order valence-electron chi connectivity index (χ2n) is 3.22. The highest BCUT2D eigenvalue weighted by Crippen LogP contribution is 2.23. The summed E-state index contributed by atoms with van der Waals surface area (Å²) in [6.07, 6.45) is 1.61. The lowest BCUT2D eigenvalue weighted by Crippen LogP contribution is -1.86. The van der Waals surface area contributed by atoms with Gasteiger partial charge in [0.2, 0.25) is 4.96 Å². The maximum atomic E-state index is 13.5.